The number of carbonyl (C=O) groups is 1. The lowest BCUT2D eigenvalue weighted by molar-refractivity contribution is -0.129. The zero-order valence-corrected chi connectivity index (χ0v) is 10.6. The number of aromatic nitrogens is 1. The van der Waals surface area contributed by atoms with Gasteiger partial charge in [0.05, 0.1) is 10.4 Å². The number of carbonyl (C=O) groups excluding carboxylic acids is 1. The van der Waals surface area contributed by atoms with Crippen molar-refractivity contribution in [2.75, 3.05) is 13.1 Å². The molecule has 16 heavy (non-hydrogen) atoms. The van der Waals surface area contributed by atoms with Crippen LogP contribution < -0.4 is 11.1 Å². The van der Waals surface area contributed by atoms with E-state index in [-0.39, 0.29) is 5.91 Å². The number of nitrogens with zero attached hydrogens (tertiary/aromatic N) is 1. The van der Waals surface area contributed by atoms with Gasteiger partial charge in [-0.3, -0.25) is 4.79 Å². The predicted molar refractivity (Wildman–Crippen MR) is 66.3 cm³/mol. The number of thiazole rings is 1. The highest BCUT2D eigenvalue weighted by Crippen LogP contribution is 2.18. The quantitative estimate of drug-likeness (QED) is 0.785. The molecule has 0 fully saturated rings. The maximum atomic E-state index is 11.8. The molecule has 3 N–H and O–H groups in total. The van der Waals surface area contributed by atoms with E-state index in [4.69, 9.17) is 5.73 Å². The van der Waals surface area contributed by atoms with Crippen molar-refractivity contribution in [3.8, 4) is 0 Å². The Hall–Kier alpha value is -0.940. The predicted octanol–water partition coefficient (Wildman–Crippen LogP) is 1.18. The van der Waals surface area contributed by atoms with Crippen LogP contribution in [-0.4, -0.2) is 24.0 Å². The third kappa shape index (κ3) is 3.28. The molecule has 0 aliphatic heterocycles. The van der Waals surface area contributed by atoms with Crippen LogP contribution in [0.15, 0.2) is 11.6 Å². The maximum absolute atomic E-state index is 11.8. The van der Waals surface area contributed by atoms with E-state index in [0.29, 0.717) is 13.1 Å². The molecule has 0 saturated heterocycles. The minimum absolute atomic E-state index is 0.0362. The minimum Gasteiger partial charge on any atom is -0.355 e. The second kappa shape index (κ2) is 5.96. The van der Waals surface area contributed by atoms with Crippen molar-refractivity contribution in [1.29, 1.82) is 0 Å². The smallest absolute Gasteiger partial charge is 0.227 e. The fraction of sp³-hybridized carbons (Fsp3) is 0.636. The highest BCUT2D eigenvalue weighted by atomic mass is 32.1. The molecule has 0 spiro atoms. The van der Waals surface area contributed by atoms with Crippen LogP contribution in [-0.2, 0) is 11.2 Å². The lowest BCUT2D eigenvalue weighted by Gasteiger charge is -2.24. The Morgan fingerprint density at radius 1 is 1.69 bits per heavy atom. The number of amides is 1. The summed E-state index contributed by atoms with van der Waals surface area (Å²) in [6, 6.07) is 0. The van der Waals surface area contributed by atoms with E-state index in [0.717, 1.165) is 17.8 Å². The van der Waals surface area contributed by atoms with Crippen LogP contribution in [0.5, 0.6) is 0 Å². The van der Waals surface area contributed by atoms with E-state index in [1.807, 2.05) is 19.2 Å². The van der Waals surface area contributed by atoms with E-state index in [1.165, 1.54) is 0 Å². The molecule has 1 aromatic heterocycles. The molecular formula is C11H19N3OS. The Kier molecular flexibility index (Phi) is 4.89. The van der Waals surface area contributed by atoms with Gasteiger partial charge in [-0.1, -0.05) is 6.92 Å². The Morgan fingerprint density at radius 2 is 2.44 bits per heavy atom. The Bertz CT molecular complexity index is 320. The molecule has 0 radical (unpaired) electrons. The van der Waals surface area contributed by atoms with Gasteiger partial charge < -0.3 is 11.1 Å². The summed E-state index contributed by atoms with van der Waals surface area (Å²) in [6.45, 7) is 4.88. The summed E-state index contributed by atoms with van der Waals surface area (Å²) in [4.78, 5) is 16.0. The first kappa shape index (κ1) is 13.1. The molecule has 90 valence electrons. The van der Waals surface area contributed by atoms with Gasteiger partial charge in [-0.05, 0) is 13.3 Å². The standard InChI is InChI=1S/C11H19N3OS/c1-3-11(2,8-12)10(15)14-5-4-9-13-6-7-16-9/h6-7H,3-5,8,12H2,1-2H3,(H,14,15). The molecule has 1 heterocycles. The van der Waals surface area contributed by atoms with Gasteiger partial charge in [0.15, 0.2) is 0 Å². The van der Waals surface area contributed by atoms with Gasteiger partial charge in [0, 0.05) is 31.1 Å². The summed E-state index contributed by atoms with van der Waals surface area (Å²) < 4.78 is 0. The van der Waals surface area contributed by atoms with Crippen LogP contribution >= 0.6 is 11.3 Å². The van der Waals surface area contributed by atoms with Crippen molar-refractivity contribution < 1.29 is 4.79 Å². The summed E-state index contributed by atoms with van der Waals surface area (Å²) >= 11 is 1.61. The van der Waals surface area contributed by atoms with Gasteiger partial charge in [-0.2, -0.15) is 0 Å². The topological polar surface area (TPSA) is 68.0 Å². The number of rotatable bonds is 6. The van der Waals surface area contributed by atoms with Crippen molar-refractivity contribution in [2.24, 2.45) is 11.1 Å². The molecule has 4 nitrogen and oxygen atoms in total. The van der Waals surface area contributed by atoms with Gasteiger partial charge >= 0.3 is 0 Å². The van der Waals surface area contributed by atoms with Gasteiger partial charge in [-0.15, -0.1) is 11.3 Å². The van der Waals surface area contributed by atoms with Crippen molar-refractivity contribution in [2.45, 2.75) is 26.7 Å². The molecule has 1 rings (SSSR count). The third-order valence-electron chi connectivity index (χ3n) is 2.89. The monoisotopic (exact) mass is 241 g/mol. The fourth-order valence-corrected chi connectivity index (χ4v) is 1.89. The van der Waals surface area contributed by atoms with Crippen LogP contribution in [0.2, 0.25) is 0 Å². The van der Waals surface area contributed by atoms with Crippen LogP contribution in [0.1, 0.15) is 25.3 Å². The summed E-state index contributed by atoms with van der Waals surface area (Å²) in [6.07, 6.45) is 3.32. The lowest BCUT2D eigenvalue weighted by Crippen LogP contribution is -2.44. The van der Waals surface area contributed by atoms with Crippen molar-refractivity contribution in [3.63, 3.8) is 0 Å². The first-order chi connectivity index (χ1) is 7.62. The number of hydrogen-bond donors (Lipinski definition) is 2. The first-order valence-corrected chi connectivity index (χ1v) is 6.37. The van der Waals surface area contributed by atoms with E-state index in [9.17, 15) is 4.79 Å². The second-order valence-electron chi connectivity index (χ2n) is 4.05. The fourth-order valence-electron chi connectivity index (χ4n) is 1.27. The van der Waals surface area contributed by atoms with Gasteiger partial charge in [-0.25, -0.2) is 4.98 Å². The molecule has 1 atom stereocenters. The average Bonchev–Trinajstić information content (AvgIpc) is 2.80. The van der Waals surface area contributed by atoms with Gasteiger partial charge in [0.2, 0.25) is 5.91 Å². The molecule has 0 aliphatic carbocycles. The first-order valence-electron chi connectivity index (χ1n) is 5.49. The molecule has 0 aliphatic rings. The van der Waals surface area contributed by atoms with E-state index in [2.05, 4.69) is 10.3 Å². The van der Waals surface area contributed by atoms with Crippen LogP contribution in [0.3, 0.4) is 0 Å². The van der Waals surface area contributed by atoms with Gasteiger partial charge in [0.25, 0.3) is 0 Å². The van der Waals surface area contributed by atoms with Crippen LogP contribution in [0, 0.1) is 5.41 Å². The SMILES string of the molecule is CCC(C)(CN)C(=O)NCCc1nccs1. The third-order valence-corrected chi connectivity index (χ3v) is 3.73. The summed E-state index contributed by atoms with van der Waals surface area (Å²) in [5.41, 5.74) is 5.17. The molecule has 1 aromatic rings. The summed E-state index contributed by atoms with van der Waals surface area (Å²) in [5, 5.41) is 5.90. The minimum atomic E-state index is -0.442. The Labute approximate surface area is 100 Å². The normalized spacial score (nSPS) is 14.4. The molecule has 1 amide bonds. The molecule has 0 bridgehead atoms. The molecular weight excluding hydrogens is 222 g/mol. The second-order valence-corrected chi connectivity index (χ2v) is 5.03. The zero-order chi connectivity index (χ0) is 12.0. The molecule has 0 saturated carbocycles. The Balaban J connectivity index is 2.35. The van der Waals surface area contributed by atoms with E-state index in [1.54, 1.807) is 17.5 Å². The number of nitrogens with one attached hydrogen (secondary N) is 1. The summed E-state index contributed by atoms with van der Waals surface area (Å²) in [7, 11) is 0. The highest BCUT2D eigenvalue weighted by Gasteiger charge is 2.28. The summed E-state index contributed by atoms with van der Waals surface area (Å²) in [5.74, 6) is 0.0362. The number of hydrogen-bond acceptors (Lipinski definition) is 4. The van der Waals surface area contributed by atoms with Crippen molar-refractivity contribution in [3.05, 3.63) is 16.6 Å². The number of nitrogens with two attached hydrogens (primary N) is 1. The largest absolute Gasteiger partial charge is 0.355 e. The molecule has 0 aromatic carbocycles. The van der Waals surface area contributed by atoms with E-state index >= 15 is 0 Å². The zero-order valence-electron chi connectivity index (χ0n) is 9.82. The van der Waals surface area contributed by atoms with Crippen LogP contribution in [0.4, 0.5) is 0 Å². The van der Waals surface area contributed by atoms with Gasteiger partial charge in [0.1, 0.15) is 0 Å². The van der Waals surface area contributed by atoms with Crippen LogP contribution in [0.25, 0.3) is 0 Å². The van der Waals surface area contributed by atoms with E-state index < -0.39 is 5.41 Å². The average molecular weight is 241 g/mol. The highest BCUT2D eigenvalue weighted by molar-refractivity contribution is 7.09. The maximum Gasteiger partial charge on any atom is 0.227 e. The molecule has 1 unspecified atom stereocenters. The van der Waals surface area contributed by atoms with Crippen molar-refractivity contribution >= 4 is 17.2 Å². The lowest BCUT2D eigenvalue weighted by atomic mass is 9.87. The Morgan fingerprint density at radius 3 is 2.94 bits per heavy atom. The molecule has 5 heteroatoms. The van der Waals surface area contributed by atoms with Crippen molar-refractivity contribution in [1.82, 2.24) is 10.3 Å².